The third-order valence-corrected chi connectivity index (χ3v) is 6.61. The summed E-state index contributed by atoms with van der Waals surface area (Å²) in [5, 5.41) is 0. The maximum absolute atomic E-state index is 13.0. The molecule has 0 spiro atoms. The fourth-order valence-electron chi connectivity index (χ4n) is 3.73. The summed E-state index contributed by atoms with van der Waals surface area (Å²) in [6.07, 6.45) is 0. The summed E-state index contributed by atoms with van der Waals surface area (Å²) in [5.74, 6) is 0.807. The zero-order chi connectivity index (χ0) is 16.7. The molecule has 0 aliphatic carbocycles. The highest BCUT2D eigenvalue weighted by atomic mass is 32.2. The van der Waals surface area contributed by atoms with Crippen LogP contribution in [0.4, 0.5) is 0 Å². The van der Waals surface area contributed by atoms with Gasteiger partial charge in [0.15, 0.2) is 0 Å². The summed E-state index contributed by atoms with van der Waals surface area (Å²) in [6, 6.07) is 6.67. The molecule has 0 amide bonds. The van der Waals surface area contributed by atoms with Crippen molar-refractivity contribution in [3.8, 4) is 5.75 Å². The van der Waals surface area contributed by atoms with Gasteiger partial charge < -0.3 is 14.4 Å². The molecule has 2 aliphatic heterocycles. The Morgan fingerprint density at radius 3 is 2.91 bits per heavy atom. The Hall–Kier alpha value is -1.15. The largest absolute Gasteiger partial charge is 0.497 e. The number of hydrogen-bond donors (Lipinski definition) is 0. The van der Waals surface area contributed by atoms with E-state index in [0.717, 1.165) is 6.54 Å². The van der Waals surface area contributed by atoms with Gasteiger partial charge in [0.2, 0.25) is 10.0 Å². The van der Waals surface area contributed by atoms with Crippen LogP contribution in [0.15, 0.2) is 29.2 Å². The van der Waals surface area contributed by atoms with Gasteiger partial charge in [-0.15, -0.1) is 0 Å². The van der Waals surface area contributed by atoms with E-state index in [1.54, 1.807) is 28.6 Å². The van der Waals surface area contributed by atoms with Crippen molar-refractivity contribution in [1.29, 1.82) is 0 Å². The standard InChI is InChI=1S/C16H24N2O4S/c1-17(2)10-16-11-18(8-13(16)9-22-12-16)23(19,20)15-6-4-5-14(7-15)21-3/h4-7,13H,8-12H2,1-3H3/t13-,16+/m0/s1. The Morgan fingerprint density at radius 1 is 1.43 bits per heavy atom. The van der Waals surface area contributed by atoms with E-state index in [4.69, 9.17) is 9.47 Å². The van der Waals surface area contributed by atoms with Crippen LogP contribution in [0.25, 0.3) is 0 Å². The van der Waals surface area contributed by atoms with Crippen molar-refractivity contribution in [2.45, 2.75) is 4.90 Å². The van der Waals surface area contributed by atoms with E-state index in [9.17, 15) is 8.42 Å². The van der Waals surface area contributed by atoms with E-state index in [1.807, 2.05) is 14.1 Å². The van der Waals surface area contributed by atoms with E-state index in [2.05, 4.69) is 4.90 Å². The molecule has 3 rings (SSSR count). The van der Waals surface area contributed by atoms with Gasteiger partial charge in [-0.25, -0.2) is 8.42 Å². The summed E-state index contributed by atoms with van der Waals surface area (Å²) in [7, 11) is 2.06. The SMILES string of the molecule is COc1cccc(S(=O)(=O)N2C[C@H]3COC[C@@]3(CN(C)C)C2)c1. The first-order valence-corrected chi connectivity index (χ1v) is 9.18. The van der Waals surface area contributed by atoms with Crippen molar-refractivity contribution >= 4 is 10.0 Å². The molecule has 6 nitrogen and oxygen atoms in total. The average molecular weight is 340 g/mol. The number of benzene rings is 1. The third kappa shape index (κ3) is 2.98. The van der Waals surface area contributed by atoms with Crippen LogP contribution in [0.1, 0.15) is 0 Å². The van der Waals surface area contributed by atoms with Crippen molar-refractivity contribution in [1.82, 2.24) is 9.21 Å². The predicted octanol–water partition coefficient (Wildman–Crippen LogP) is 0.894. The predicted molar refractivity (Wildman–Crippen MR) is 87.0 cm³/mol. The van der Waals surface area contributed by atoms with E-state index in [0.29, 0.717) is 32.1 Å². The van der Waals surface area contributed by atoms with Gasteiger partial charge in [-0.2, -0.15) is 4.31 Å². The summed E-state index contributed by atoms with van der Waals surface area (Å²) in [6.45, 7) is 3.13. The Labute approximate surface area is 138 Å². The molecule has 2 atom stereocenters. The normalized spacial score (nSPS) is 28.3. The number of ether oxygens (including phenoxy) is 2. The van der Waals surface area contributed by atoms with Gasteiger partial charge in [0.1, 0.15) is 5.75 Å². The fourth-order valence-corrected chi connectivity index (χ4v) is 5.35. The van der Waals surface area contributed by atoms with Gasteiger partial charge in [-0.3, -0.25) is 0 Å². The molecule has 0 saturated carbocycles. The van der Waals surface area contributed by atoms with E-state index in [1.165, 1.54) is 7.11 Å². The lowest BCUT2D eigenvalue weighted by atomic mass is 9.81. The van der Waals surface area contributed by atoms with E-state index < -0.39 is 10.0 Å². The second kappa shape index (κ2) is 6.05. The second-order valence-electron chi connectivity index (χ2n) is 6.79. The first-order valence-electron chi connectivity index (χ1n) is 7.74. The molecule has 0 unspecified atom stereocenters. The summed E-state index contributed by atoms with van der Waals surface area (Å²) >= 11 is 0. The topological polar surface area (TPSA) is 59.1 Å². The third-order valence-electron chi connectivity index (χ3n) is 4.80. The van der Waals surface area contributed by atoms with Crippen molar-refractivity contribution in [2.24, 2.45) is 11.3 Å². The molecule has 7 heteroatoms. The molecular formula is C16H24N2O4S. The Kier molecular flexibility index (Phi) is 4.39. The van der Waals surface area contributed by atoms with Crippen LogP contribution in [-0.4, -0.2) is 71.7 Å². The molecule has 1 aromatic rings. The number of rotatable bonds is 5. The molecule has 128 valence electrons. The monoisotopic (exact) mass is 340 g/mol. The summed E-state index contributed by atoms with van der Waals surface area (Å²) < 4.78 is 38.4. The first-order chi connectivity index (χ1) is 10.9. The van der Waals surface area contributed by atoms with Crippen molar-refractivity contribution in [3.05, 3.63) is 24.3 Å². The van der Waals surface area contributed by atoms with Crippen LogP contribution in [0.5, 0.6) is 5.75 Å². The van der Waals surface area contributed by atoms with Gasteiger partial charge >= 0.3 is 0 Å². The second-order valence-corrected chi connectivity index (χ2v) is 8.73. The Balaban J connectivity index is 1.87. The molecule has 1 aromatic carbocycles. The summed E-state index contributed by atoms with van der Waals surface area (Å²) in [5.41, 5.74) is -0.102. The summed E-state index contributed by atoms with van der Waals surface area (Å²) in [4.78, 5) is 2.40. The van der Waals surface area contributed by atoms with Gasteiger partial charge in [-0.05, 0) is 26.2 Å². The van der Waals surface area contributed by atoms with Crippen LogP contribution in [0.2, 0.25) is 0 Å². The van der Waals surface area contributed by atoms with Gasteiger partial charge in [0.25, 0.3) is 0 Å². The minimum Gasteiger partial charge on any atom is -0.497 e. The molecule has 2 aliphatic rings. The van der Waals surface area contributed by atoms with Gasteiger partial charge in [-0.1, -0.05) is 6.07 Å². The molecule has 2 heterocycles. The van der Waals surface area contributed by atoms with Crippen molar-refractivity contribution < 1.29 is 17.9 Å². The first kappa shape index (κ1) is 16.7. The minimum atomic E-state index is -3.51. The highest BCUT2D eigenvalue weighted by Gasteiger charge is 2.53. The Morgan fingerprint density at radius 2 is 2.22 bits per heavy atom. The molecule has 23 heavy (non-hydrogen) atoms. The maximum atomic E-state index is 13.0. The molecule has 0 radical (unpaired) electrons. The highest BCUT2D eigenvalue weighted by molar-refractivity contribution is 7.89. The van der Waals surface area contributed by atoms with E-state index >= 15 is 0 Å². The fraction of sp³-hybridized carbons (Fsp3) is 0.625. The van der Waals surface area contributed by atoms with Crippen LogP contribution in [0, 0.1) is 11.3 Å². The molecular weight excluding hydrogens is 316 g/mol. The Bertz CT molecular complexity index is 676. The van der Waals surface area contributed by atoms with Crippen LogP contribution in [-0.2, 0) is 14.8 Å². The number of hydrogen-bond acceptors (Lipinski definition) is 5. The van der Waals surface area contributed by atoms with Crippen molar-refractivity contribution in [2.75, 3.05) is 54.1 Å². The van der Waals surface area contributed by atoms with E-state index in [-0.39, 0.29) is 16.2 Å². The molecule has 2 saturated heterocycles. The zero-order valence-corrected chi connectivity index (χ0v) is 14.7. The molecule has 0 N–H and O–H groups in total. The lowest BCUT2D eigenvalue weighted by molar-refractivity contribution is 0.124. The molecule has 0 aromatic heterocycles. The minimum absolute atomic E-state index is 0.102. The van der Waals surface area contributed by atoms with Crippen LogP contribution < -0.4 is 4.74 Å². The lowest BCUT2D eigenvalue weighted by Gasteiger charge is -2.30. The molecule has 2 fully saturated rings. The smallest absolute Gasteiger partial charge is 0.243 e. The quantitative estimate of drug-likeness (QED) is 0.797. The number of methoxy groups -OCH3 is 1. The van der Waals surface area contributed by atoms with Crippen LogP contribution in [0.3, 0.4) is 0 Å². The van der Waals surface area contributed by atoms with Crippen LogP contribution >= 0.6 is 0 Å². The van der Waals surface area contributed by atoms with Gasteiger partial charge in [0, 0.05) is 37.0 Å². The molecule has 0 bridgehead atoms. The number of fused-ring (bicyclic) bond motifs is 1. The maximum Gasteiger partial charge on any atom is 0.243 e. The zero-order valence-electron chi connectivity index (χ0n) is 13.9. The van der Waals surface area contributed by atoms with Crippen molar-refractivity contribution in [3.63, 3.8) is 0 Å². The number of nitrogens with zero attached hydrogens (tertiary/aromatic N) is 2. The average Bonchev–Trinajstić information content (AvgIpc) is 3.03. The van der Waals surface area contributed by atoms with Gasteiger partial charge in [0.05, 0.1) is 25.2 Å². The number of sulfonamides is 1. The lowest BCUT2D eigenvalue weighted by Crippen LogP contribution is -2.41. The highest BCUT2D eigenvalue weighted by Crippen LogP contribution is 2.43.